The molecular weight excluding hydrogens is 272 g/mol. The van der Waals surface area contributed by atoms with Crippen LogP contribution in [0.5, 0.6) is 0 Å². The van der Waals surface area contributed by atoms with Gasteiger partial charge in [0.25, 0.3) is 0 Å². The van der Waals surface area contributed by atoms with Gasteiger partial charge in [-0.3, -0.25) is 4.79 Å². The fourth-order valence-electron chi connectivity index (χ4n) is 6.05. The molecule has 2 nitrogen and oxygen atoms in total. The number of carbonyl (C=O) groups is 1. The first-order valence-electron chi connectivity index (χ1n) is 9.21. The maximum absolute atomic E-state index is 12.0. The zero-order chi connectivity index (χ0) is 16.1. The summed E-state index contributed by atoms with van der Waals surface area (Å²) < 4.78 is 0. The minimum absolute atomic E-state index is 0.206. The van der Waals surface area contributed by atoms with Crippen LogP contribution in [0.25, 0.3) is 0 Å². The molecule has 3 aliphatic carbocycles. The number of carboxylic acids is 1. The summed E-state index contributed by atoms with van der Waals surface area (Å²) in [5.41, 5.74) is 1.35. The molecule has 3 aliphatic rings. The SMILES string of the molecule is CC(C)C1CC[C@H]2C(=CC[C@@H]3[C@]2(C)CCC[C@@]3(C)C(=O)O)C1. The molecule has 0 radical (unpaired) electrons. The van der Waals surface area contributed by atoms with Crippen molar-refractivity contribution in [3.8, 4) is 0 Å². The molecule has 0 heterocycles. The number of carboxylic acid groups (broad SMARTS) is 1. The van der Waals surface area contributed by atoms with Gasteiger partial charge in [-0.15, -0.1) is 0 Å². The fourth-order valence-corrected chi connectivity index (χ4v) is 6.05. The van der Waals surface area contributed by atoms with Gasteiger partial charge in [-0.05, 0) is 74.5 Å². The first-order valence-corrected chi connectivity index (χ1v) is 9.21. The molecule has 5 atom stereocenters. The minimum atomic E-state index is -0.573. The van der Waals surface area contributed by atoms with Gasteiger partial charge in [0, 0.05) is 0 Å². The lowest BCUT2D eigenvalue weighted by molar-refractivity contribution is -0.163. The van der Waals surface area contributed by atoms with Crippen LogP contribution in [0.4, 0.5) is 0 Å². The van der Waals surface area contributed by atoms with Crippen molar-refractivity contribution >= 4 is 5.97 Å². The second kappa shape index (κ2) is 5.39. The average Bonchev–Trinajstić information content (AvgIpc) is 2.46. The molecule has 124 valence electrons. The third-order valence-corrected chi connectivity index (χ3v) is 7.59. The minimum Gasteiger partial charge on any atom is -0.481 e. The maximum Gasteiger partial charge on any atom is 0.309 e. The molecule has 2 saturated carbocycles. The second-order valence-electron chi connectivity index (χ2n) is 8.99. The summed E-state index contributed by atoms with van der Waals surface area (Å²) in [6.45, 7) is 9.11. The molecule has 0 aromatic heterocycles. The molecule has 2 heteroatoms. The Kier molecular flexibility index (Phi) is 3.94. The van der Waals surface area contributed by atoms with Crippen molar-refractivity contribution in [2.75, 3.05) is 0 Å². The zero-order valence-electron chi connectivity index (χ0n) is 14.7. The molecule has 0 spiro atoms. The number of fused-ring (bicyclic) bond motifs is 3. The van der Waals surface area contributed by atoms with Gasteiger partial charge in [-0.1, -0.05) is 38.8 Å². The first kappa shape index (κ1) is 16.1. The Morgan fingerprint density at radius 1 is 1.27 bits per heavy atom. The van der Waals surface area contributed by atoms with Crippen LogP contribution in [-0.4, -0.2) is 11.1 Å². The van der Waals surface area contributed by atoms with E-state index in [0.717, 1.165) is 31.1 Å². The van der Waals surface area contributed by atoms with Crippen LogP contribution < -0.4 is 0 Å². The van der Waals surface area contributed by atoms with Crippen molar-refractivity contribution in [2.24, 2.45) is 34.5 Å². The van der Waals surface area contributed by atoms with E-state index < -0.39 is 11.4 Å². The number of hydrogen-bond acceptors (Lipinski definition) is 1. The quantitative estimate of drug-likeness (QED) is 0.704. The van der Waals surface area contributed by atoms with Gasteiger partial charge in [-0.25, -0.2) is 0 Å². The summed E-state index contributed by atoms with van der Waals surface area (Å²) in [6, 6.07) is 0. The Labute approximate surface area is 135 Å². The van der Waals surface area contributed by atoms with E-state index in [1.807, 2.05) is 6.92 Å². The summed E-state index contributed by atoms with van der Waals surface area (Å²) in [5.74, 6) is 1.98. The van der Waals surface area contributed by atoms with Gasteiger partial charge in [0.15, 0.2) is 0 Å². The molecule has 0 aliphatic heterocycles. The van der Waals surface area contributed by atoms with Crippen molar-refractivity contribution in [3.63, 3.8) is 0 Å². The smallest absolute Gasteiger partial charge is 0.309 e. The molecular formula is C20H32O2. The Balaban J connectivity index is 1.92. The Morgan fingerprint density at radius 2 is 2.00 bits per heavy atom. The predicted octanol–water partition coefficient (Wildman–Crippen LogP) is 5.29. The Morgan fingerprint density at radius 3 is 2.64 bits per heavy atom. The summed E-state index contributed by atoms with van der Waals surface area (Å²) in [6.07, 6.45) is 10.4. The average molecular weight is 304 g/mol. The van der Waals surface area contributed by atoms with E-state index in [1.54, 1.807) is 5.57 Å². The normalized spacial score (nSPS) is 45.0. The monoisotopic (exact) mass is 304 g/mol. The van der Waals surface area contributed by atoms with Crippen LogP contribution in [0.3, 0.4) is 0 Å². The number of allylic oxidation sites excluding steroid dienone is 2. The molecule has 3 rings (SSSR count). The number of rotatable bonds is 2. The van der Waals surface area contributed by atoms with Gasteiger partial charge in [-0.2, -0.15) is 0 Å². The van der Waals surface area contributed by atoms with E-state index in [0.29, 0.717) is 11.8 Å². The first-order chi connectivity index (χ1) is 10.3. The number of hydrogen-bond donors (Lipinski definition) is 1. The van der Waals surface area contributed by atoms with Crippen LogP contribution in [0.2, 0.25) is 0 Å². The van der Waals surface area contributed by atoms with E-state index in [2.05, 4.69) is 26.8 Å². The molecule has 0 aromatic rings. The molecule has 0 bridgehead atoms. The summed E-state index contributed by atoms with van der Waals surface area (Å²) in [7, 11) is 0. The van der Waals surface area contributed by atoms with E-state index in [9.17, 15) is 9.90 Å². The number of aliphatic carboxylic acids is 1. The van der Waals surface area contributed by atoms with Crippen LogP contribution in [-0.2, 0) is 4.79 Å². The van der Waals surface area contributed by atoms with Crippen molar-refractivity contribution in [1.29, 1.82) is 0 Å². The molecule has 1 unspecified atom stereocenters. The Bertz CT molecular complexity index is 492. The topological polar surface area (TPSA) is 37.3 Å². The van der Waals surface area contributed by atoms with Crippen molar-refractivity contribution in [2.45, 2.75) is 72.6 Å². The van der Waals surface area contributed by atoms with Crippen LogP contribution in [0.1, 0.15) is 72.6 Å². The molecule has 2 fully saturated rings. The van der Waals surface area contributed by atoms with E-state index in [-0.39, 0.29) is 5.41 Å². The van der Waals surface area contributed by atoms with Crippen molar-refractivity contribution in [1.82, 2.24) is 0 Å². The van der Waals surface area contributed by atoms with Crippen molar-refractivity contribution in [3.05, 3.63) is 11.6 Å². The standard InChI is InChI=1S/C20H32O2/c1-13(2)14-6-8-16-15(12-14)7-9-17-19(16,3)10-5-11-20(17,4)18(21)22/h7,13-14,16-17H,5-6,8-12H2,1-4H3,(H,21,22)/t14?,16-,17+,19+,20+/m0/s1. The third-order valence-electron chi connectivity index (χ3n) is 7.59. The summed E-state index contributed by atoms with van der Waals surface area (Å²) in [4.78, 5) is 12.0. The van der Waals surface area contributed by atoms with Crippen LogP contribution >= 0.6 is 0 Å². The highest BCUT2D eigenvalue weighted by molar-refractivity contribution is 5.75. The second-order valence-corrected chi connectivity index (χ2v) is 8.99. The van der Waals surface area contributed by atoms with E-state index >= 15 is 0 Å². The lowest BCUT2D eigenvalue weighted by atomic mass is 9.46. The van der Waals surface area contributed by atoms with Crippen LogP contribution in [0, 0.1) is 34.5 Å². The van der Waals surface area contributed by atoms with E-state index in [4.69, 9.17) is 0 Å². The molecule has 0 aromatic carbocycles. The molecule has 0 saturated heterocycles. The highest BCUT2D eigenvalue weighted by Gasteiger charge is 2.57. The molecule has 22 heavy (non-hydrogen) atoms. The van der Waals surface area contributed by atoms with Crippen molar-refractivity contribution < 1.29 is 9.90 Å². The lowest BCUT2D eigenvalue weighted by Gasteiger charge is -2.58. The van der Waals surface area contributed by atoms with Gasteiger partial charge >= 0.3 is 5.97 Å². The van der Waals surface area contributed by atoms with Gasteiger partial charge < -0.3 is 5.11 Å². The van der Waals surface area contributed by atoms with E-state index in [1.165, 1.54) is 25.7 Å². The largest absolute Gasteiger partial charge is 0.481 e. The maximum atomic E-state index is 12.0. The van der Waals surface area contributed by atoms with Gasteiger partial charge in [0.2, 0.25) is 0 Å². The highest BCUT2D eigenvalue weighted by Crippen LogP contribution is 2.62. The van der Waals surface area contributed by atoms with Gasteiger partial charge in [0.1, 0.15) is 0 Å². The molecule has 1 N–H and O–H groups in total. The molecule has 0 amide bonds. The summed E-state index contributed by atoms with van der Waals surface area (Å²) >= 11 is 0. The zero-order valence-corrected chi connectivity index (χ0v) is 14.7. The third kappa shape index (κ3) is 2.25. The van der Waals surface area contributed by atoms with Crippen LogP contribution in [0.15, 0.2) is 11.6 Å². The fraction of sp³-hybridized carbons (Fsp3) is 0.850. The highest BCUT2D eigenvalue weighted by atomic mass is 16.4. The van der Waals surface area contributed by atoms with Gasteiger partial charge in [0.05, 0.1) is 5.41 Å². The summed E-state index contributed by atoms with van der Waals surface area (Å²) in [5, 5.41) is 9.84. The lowest BCUT2D eigenvalue weighted by Crippen LogP contribution is -2.53. The Hall–Kier alpha value is -0.790. The predicted molar refractivity (Wildman–Crippen MR) is 89.6 cm³/mol.